The van der Waals surface area contributed by atoms with Gasteiger partial charge in [0.25, 0.3) is 0 Å². The van der Waals surface area contributed by atoms with Gasteiger partial charge >= 0.3 is 0 Å². The van der Waals surface area contributed by atoms with Crippen LogP contribution in [0.15, 0.2) is 91.0 Å². The van der Waals surface area contributed by atoms with Crippen molar-refractivity contribution in [2.75, 3.05) is 5.23 Å². The molecule has 3 aromatic carbocycles. The lowest BCUT2D eigenvalue weighted by Gasteiger charge is -2.28. The Bertz CT molecular complexity index is 1490. The fourth-order valence-electron chi connectivity index (χ4n) is 4.28. The summed E-state index contributed by atoms with van der Waals surface area (Å²) in [5.41, 5.74) is 3.56. The number of nitrogens with zero attached hydrogens (tertiary/aromatic N) is 3. The Balaban J connectivity index is 1.37. The topological polar surface area (TPSA) is 113 Å². The van der Waals surface area contributed by atoms with Crippen molar-refractivity contribution in [3.63, 3.8) is 0 Å². The fourth-order valence-corrected chi connectivity index (χ4v) is 4.28. The Morgan fingerprint density at radius 2 is 1.23 bits per heavy atom. The molecule has 0 saturated heterocycles. The number of fused-ring (bicyclic) bond motifs is 2. The summed E-state index contributed by atoms with van der Waals surface area (Å²) in [5.74, 6) is 0. The summed E-state index contributed by atoms with van der Waals surface area (Å²) in [6.07, 6.45) is -1.63. The van der Waals surface area contributed by atoms with E-state index in [-0.39, 0.29) is 29.3 Å². The van der Waals surface area contributed by atoms with Gasteiger partial charge in [-0.05, 0) is 35.9 Å². The van der Waals surface area contributed by atoms with Crippen molar-refractivity contribution in [1.29, 1.82) is 0 Å². The highest BCUT2D eigenvalue weighted by Gasteiger charge is 2.18. The molecule has 0 unspecified atom stereocenters. The van der Waals surface area contributed by atoms with Crippen molar-refractivity contribution in [3.05, 3.63) is 119 Å². The molecule has 5 aromatic rings. The van der Waals surface area contributed by atoms with Gasteiger partial charge in [-0.3, -0.25) is 15.2 Å². The van der Waals surface area contributed by atoms with Gasteiger partial charge in [-0.15, -0.1) is 0 Å². The molecule has 7 nitrogen and oxygen atoms in total. The van der Waals surface area contributed by atoms with Crippen LogP contribution < -0.4 is 5.23 Å². The van der Waals surface area contributed by atoms with Crippen LogP contribution in [0.2, 0.25) is 0 Å². The molecule has 35 heavy (non-hydrogen) atoms. The summed E-state index contributed by atoms with van der Waals surface area (Å²) in [7, 11) is 0. The molecule has 0 radical (unpaired) electrons. The lowest BCUT2D eigenvalue weighted by molar-refractivity contribution is 0.172. The van der Waals surface area contributed by atoms with Crippen molar-refractivity contribution in [2.45, 2.75) is 25.0 Å². The monoisotopic (exact) mass is 466 g/mol. The normalized spacial score (nSPS) is 13.1. The SMILES string of the molecule is [O-]N(O)c1cc([C@H](O)Cc2ccc3ccccc3n2)ccc1[C@@H](O)Cc1ccc2ccccc2n1. The predicted molar refractivity (Wildman–Crippen MR) is 135 cm³/mol. The first-order valence-electron chi connectivity index (χ1n) is 11.3. The van der Waals surface area contributed by atoms with Crippen LogP contribution in [0.4, 0.5) is 5.69 Å². The average Bonchev–Trinajstić information content (AvgIpc) is 2.88. The second-order valence-corrected chi connectivity index (χ2v) is 8.52. The van der Waals surface area contributed by atoms with Crippen LogP contribution in [-0.4, -0.2) is 25.4 Å². The van der Waals surface area contributed by atoms with E-state index in [2.05, 4.69) is 9.97 Å². The number of aromatic nitrogens is 2. The van der Waals surface area contributed by atoms with Crippen LogP contribution in [0, 0.1) is 5.21 Å². The van der Waals surface area contributed by atoms with Crippen LogP contribution in [0.3, 0.4) is 0 Å². The molecule has 2 atom stereocenters. The van der Waals surface area contributed by atoms with Gasteiger partial charge < -0.3 is 20.6 Å². The van der Waals surface area contributed by atoms with E-state index in [1.54, 1.807) is 12.1 Å². The maximum absolute atomic E-state index is 11.9. The Morgan fingerprint density at radius 1 is 0.686 bits per heavy atom. The largest absolute Gasteiger partial charge is 0.733 e. The fraction of sp³-hybridized carbons (Fsp3) is 0.143. The van der Waals surface area contributed by atoms with Gasteiger partial charge in [-0.2, -0.15) is 0 Å². The highest BCUT2D eigenvalue weighted by Crippen LogP contribution is 2.32. The van der Waals surface area contributed by atoms with Gasteiger partial charge in [0.05, 0.1) is 28.9 Å². The maximum atomic E-state index is 11.9. The zero-order valence-corrected chi connectivity index (χ0v) is 18.8. The van der Waals surface area contributed by atoms with Crippen LogP contribution in [0.5, 0.6) is 0 Å². The molecule has 0 amide bonds. The number of anilines is 1. The van der Waals surface area contributed by atoms with Crippen molar-refractivity contribution in [3.8, 4) is 0 Å². The molecule has 0 aliphatic carbocycles. The van der Waals surface area contributed by atoms with Crippen molar-refractivity contribution >= 4 is 27.5 Å². The number of pyridine rings is 2. The first kappa shape index (κ1) is 22.9. The van der Waals surface area contributed by atoms with Gasteiger partial charge in [0.15, 0.2) is 0 Å². The minimum Gasteiger partial charge on any atom is -0.733 e. The standard InChI is InChI=1S/C28H24N3O4/c32-27(16-21-12-9-18-5-1-3-7-24(18)29-21)20-11-14-23(26(15-20)31(34)35)28(33)17-22-13-10-19-6-2-4-8-25(19)30-22/h1-15,27-28,32-34H,16-17H2/q-1/t27-,28+/m1/s1. The number of benzene rings is 3. The second kappa shape index (κ2) is 9.77. The van der Waals surface area contributed by atoms with Gasteiger partial charge in [-0.25, -0.2) is 0 Å². The number of para-hydroxylation sites is 2. The zero-order chi connectivity index (χ0) is 24.4. The summed E-state index contributed by atoms with van der Waals surface area (Å²) in [4.78, 5) is 9.15. The summed E-state index contributed by atoms with van der Waals surface area (Å²) in [5, 5.41) is 45.0. The Kier molecular flexibility index (Phi) is 6.39. The average molecular weight is 467 g/mol. The summed E-state index contributed by atoms with van der Waals surface area (Å²) >= 11 is 0. The lowest BCUT2D eigenvalue weighted by atomic mass is 9.97. The van der Waals surface area contributed by atoms with Crippen LogP contribution >= 0.6 is 0 Å². The van der Waals surface area contributed by atoms with E-state index in [9.17, 15) is 20.6 Å². The third-order valence-electron chi connectivity index (χ3n) is 6.12. The molecule has 2 heterocycles. The third-order valence-corrected chi connectivity index (χ3v) is 6.12. The van der Waals surface area contributed by atoms with E-state index in [0.717, 1.165) is 21.8 Å². The van der Waals surface area contributed by atoms with Crippen LogP contribution in [0.25, 0.3) is 21.8 Å². The van der Waals surface area contributed by atoms with Crippen LogP contribution in [-0.2, 0) is 12.8 Å². The molecule has 0 aliphatic heterocycles. The third kappa shape index (κ3) is 4.99. The van der Waals surface area contributed by atoms with Crippen molar-refractivity contribution < 1.29 is 15.4 Å². The first-order valence-corrected chi connectivity index (χ1v) is 11.3. The van der Waals surface area contributed by atoms with E-state index in [1.807, 2.05) is 72.8 Å². The van der Waals surface area contributed by atoms with Gasteiger partial charge in [0, 0.05) is 40.6 Å². The predicted octanol–water partition coefficient (Wildman–Crippen LogP) is 5.03. The Hall–Kier alpha value is -3.88. The molecule has 7 heteroatoms. The molecule has 2 aromatic heterocycles. The minimum absolute atomic E-state index is 0.124. The Labute approximate surface area is 202 Å². The highest BCUT2D eigenvalue weighted by molar-refractivity contribution is 5.79. The van der Waals surface area contributed by atoms with Crippen molar-refractivity contribution in [1.82, 2.24) is 9.97 Å². The lowest BCUT2D eigenvalue weighted by Crippen LogP contribution is -2.15. The second-order valence-electron chi connectivity index (χ2n) is 8.52. The number of aliphatic hydroxyl groups is 2. The first-order chi connectivity index (χ1) is 17.0. The molecule has 176 valence electrons. The Morgan fingerprint density at radius 3 is 1.80 bits per heavy atom. The molecule has 0 bridgehead atoms. The molecule has 0 fully saturated rings. The molecule has 0 saturated carbocycles. The highest BCUT2D eigenvalue weighted by atomic mass is 16.8. The quantitative estimate of drug-likeness (QED) is 0.288. The zero-order valence-electron chi connectivity index (χ0n) is 18.8. The minimum atomic E-state index is -1.07. The number of hydrogen-bond acceptors (Lipinski definition) is 7. The molecular formula is C28H24N3O4-. The molecule has 3 N–H and O–H groups in total. The molecule has 0 aliphatic rings. The van der Waals surface area contributed by atoms with Gasteiger partial charge in [0.1, 0.15) is 0 Å². The van der Waals surface area contributed by atoms with E-state index < -0.39 is 12.2 Å². The maximum Gasteiger partial charge on any atom is 0.0865 e. The van der Waals surface area contributed by atoms with E-state index in [1.165, 1.54) is 6.07 Å². The summed E-state index contributed by atoms with van der Waals surface area (Å²) in [6, 6.07) is 27.5. The molecule has 0 spiro atoms. The number of aliphatic hydroxyl groups excluding tert-OH is 2. The molecular weight excluding hydrogens is 442 g/mol. The van der Waals surface area contributed by atoms with E-state index >= 15 is 0 Å². The van der Waals surface area contributed by atoms with Crippen LogP contribution in [0.1, 0.15) is 34.7 Å². The number of rotatable bonds is 7. The number of hydrogen-bond donors (Lipinski definition) is 3. The summed E-state index contributed by atoms with van der Waals surface area (Å²) in [6.45, 7) is 0. The van der Waals surface area contributed by atoms with E-state index in [0.29, 0.717) is 17.0 Å². The van der Waals surface area contributed by atoms with Gasteiger partial charge in [0.2, 0.25) is 0 Å². The van der Waals surface area contributed by atoms with E-state index in [4.69, 9.17) is 0 Å². The van der Waals surface area contributed by atoms with Gasteiger partial charge in [-0.1, -0.05) is 60.7 Å². The molecule has 5 rings (SSSR count). The smallest absolute Gasteiger partial charge is 0.0865 e. The van der Waals surface area contributed by atoms with Crippen molar-refractivity contribution in [2.24, 2.45) is 0 Å². The summed E-state index contributed by atoms with van der Waals surface area (Å²) < 4.78 is 0.